The minimum atomic E-state index is -3.68. The van der Waals surface area contributed by atoms with Crippen molar-refractivity contribution in [2.24, 2.45) is 0 Å². The first-order valence-corrected chi connectivity index (χ1v) is 7.25. The third kappa shape index (κ3) is 2.49. The molecule has 0 aliphatic carbocycles. The molecule has 0 aliphatic rings. The first-order chi connectivity index (χ1) is 8.40. The number of nitrogens with two attached hydrogens (primary N) is 1. The van der Waals surface area contributed by atoms with Crippen molar-refractivity contribution in [3.05, 3.63) is 34.6 Å². The van der Waals surface area contributed by atoms with Crippen LogP contribution in [0.4, 0.5) is 11.4 Å². The first kappa shape index (κ1) is 12.9. The number of nitrogen functional groups attached to an aromatic ring is 1. The molecule has 0 aliphatic heterocycles. The number of nitrogens with zero attached hydrogens (tertiary/aromatic N) is 1. The summed E-state index contributed by atoms with van der Waals surface area (Å²) in [7, 11) is -3.68. The summed E-state index contributed by atoms with van der Waals surface area (Å²) in [6.07, 6.45) is 2.52. The van der Waals surface area contributed by atoms with E-state index in [0.717, 1.165) is 5.56 Å². The zero-order valence-corrected chi connectivity index (χ0v) is 11.8. The van der Waals surface area contributed by atoms with Crippen LogP contribution in [-0.4, -0.2) is 18.6 Å². The Labute approximate surface area is 113 Å². The number of aryl methyl sites for hydroxylation is 1. The van der Waals surface area contributed by atoms with E-state index in [2.05, 4.69) is 30.8 Å². The van der Waals surface area contributed by atoms with Crippen LogP contribution in [0.2, 0.25) is 0 Å². The number of sulfonamides is 1. The third-order valence-electron chi connectivity index (χ3n) is 2.28. The molecule has 6 nitrogen and oxygen atoms in total. The van der Waals surface area contributed by atoms with Gasteiger partial charge in [-0.15, -0.1) is 0 Å². The largest absolute Gasteiger partial charge is 0.397 e. The quantitative estimate of drug-likeness (QED) is 0.747. The third-order valence-corrected chi connectivity index (χ3v) is 4.23. The molecule has 0 unspecified atom stereocenters. The lowest BCUT2D eigenvalue weighted by Gasteiger charge is -2.12. The van der Waals surface area contributed by atoms with Crippen LogP contribution in [0.1, 0.15) is 5.56 Å². The van der Waals surface area contributed by atoms with Crippen LogP contribution >= 0.6 is 15.9 Å². The number of hydrogen-bond acceptors (Lipinski definition) is 4. The number of benzene rings is 1. The first-order valence-electron chi connectivity index (χ1n) is 4.97. The van der Waals surface area contributed by atoms with E-state index in [1.807, 2.05) is 6.92 Å². The Bertz CT molecular complexity index is 644. The number of halogens is 1. The molecule has 0 saturated heterocycles. The van der Waals surface area contributed by atoms with Crippen molar-refractivity contribution in [1.82, 2.24) is 10.2 Å². The van der Waals surface area contributed by atoms with Crippen LogP contribution in [0.25, 0.3) is 0 Å². The monoisotopic (exact) mass is 330 g/mol. The molecule has 0 atom stereocenters. The molecule has 0 radical (unpaired) electrons. The van der Waals surface area contributed by atoms with Gasteiger partial charge in [-0.1, -0.05) is 0 Å². The molecule has 96 valence electrons. The lowest BCUT2D eigenvalue weighted by Crippen LogP contribution is -2.14. The maximum absolute atomic E-state index is 12.0. The Morgan fingerprint density at radius 2 is 2.17 bits per heavy atom. The van der Waals surface area contributed by atoms with Crippen LogP contribution in [0.3, 0.4) is 0 Å². The molecule has 0 amide bonds. The van der Waals surface area contributed by atoms with E-state index < -0.39 is 10.0 Å². The highest BCUT2D eigenvalue weighted by molar-refractivity contribution is 9.10. The van der Waals surface area contributed by atoms with Gasteiger partial charge in [-0.2, -0.15) is 5.10 Å². The van der Waals surface area contributed by atoms with Crippen molar-refractivity contribution in [1.29, 1.82) is 0 Å². The van der Waals surface area contributed by atoms with Gasteiger partial charge in [0.25, 0.3) is 10.0 Å². The van der Waals surface area contributed by atoms with Gasteiger partial charge in [-0.3, -0.25) is 9.82 Å². The van der Waals surface area contributed by atoms with Crippen molar-refractivity contribution in [2.45, 2.75) is 11.8 Å². The molecule has 2 aromatic rings. The minimum absolute atomic E-state index is 0.0503. The van der Waals surface area contributed by atoms with Crippen LogP contribution in [0.15, 0.2) is 33.9 Å². The molecule has 0 fully saturated rings. The highest BCUT2D eigenvalue weighted by atomic mass is 79.9. The smallest absolute Gasteiger partial charge is 0.265 e. The van der Waals surface area contributed by atoms with Crippen molar-refractivity contribution < 1.29 is 8.42 Å². The molecular formula is C10H11BrN4O2S. The second-order valence-corrected chi connectivity index (χ2v) is 6.29. The summed E-state index contributed by atoms with van der Waals surface area (Å²) < 4.78 is 27.0. The second-order valence-electron chi connectivity index (χ2n) is 3.75. The van der Waals surface area contributed by atoms with Gasteiger partial charge < -0.3 is 5.73 Å². The number of anilines is 2. The highest BCUT2D eigenvalue weighted by Gasteiger charge is 2.18. The standard InChI is InChI=1S/C10H11BrN4O2S/c1-6-2-8(11)10(9(12)3-6)15-18(16,17)7-4-13-14-5-7/h2-5,15H,12H2,1H3,(H,13,14). The molecule has 8 heteroatoms. The summed E-state index contributed by atoms with van der Waals surface area (Å²) in [6.45, 7) is 1.87. The Kier molecular flexibility index (Phi) is 3.31. The predicted molar refractivity (Wildman–Crippen MR) is 72.7 cm³/mol. The number of H-pyrrole nitrogens is 1. The van der Waals surface area contributed by atoms with E-state index >= 15 is 0 Å². The maximum Gasteiger partial charge on any atom is 0.265 e. The lowest BCUT2D eigenvalue weighted by molar-refractivity contribution is 0.601. The van der Waals surface area contributed by atoms with Gasteiger partial charge in [-0.25, -0.2) is 8.42 Å². The molecular weight excluding hydrogens is 320 g/mol. The van der Waals surface area contributed by atoms with Crippen LogP contribution in [0.5, 0.6) is 0 Å². The molecule has 4 N–H and O–H groups in total. The van der Waals surface area contributed by atoms with Gasteiger partial charge in [0.2, 0.25) is 0 Å². The Hall–Kier alpha value is -1.54. The SMILES string of the molecule is Cc1cc(N)c(NS(=O)(=O)c2cn[nH]c2)c(Br)c1. The molecule has 0 spiro atoms. The summed E-state index contributed by atoms with van der Waals surface area (Å²) in [4.78, 5) is 0.0503. The molecule has 1 aromatic heterocycles. The van der Waals surface area contributed by atoms with Crippen LogP contribution < -0.4 is 10.5 Å². The van der Waals surface area contributed by atoms with E-state index in [4.69, 9.17) is 5.73 Å². The number of nitrogens with one attached hydrogen (secondary N) is 2. The summed E-state index contributed by atoms with van der Waals surface area (Å²) in [5.74, 6) is 0. The summed E-state index contributed by atoms with van der Waals surface area (Å²) in [5.41, 5.74) is 7.41. The number of hydrogen-bond donors (Lipinski definition) is 3. The van der Waals surface area contributed by atoms with Gasteiger partial charge in [0, 0.05) is 10.7 Å². The zero-order chi connectivity index (χ0) is 13.3. The van der Waals surface area contributed by atoms with E-state index in [0.29, 0.717) is 15.8 Å². The summed E-state index contributed by atoms with van der Waals surface area (Å²) >= 11 is 3.28. The van der Waals surface area contributed by atoms with E-state index in [-0.39, 0.29) is 4.90 Å². The molecule has 2 rings (SSSR count). The van der Waals surface area contributed by atoms with Crippen molar-refractivity contribution in [3.8, 4) is 0 Å². The average molecular weight is 331 g/mol. The van der Waals surface area contributed by atoms with Gasteiger partial charge >= 0.3 is 0 Å². The van der Waals surface area contributed by atoms with Gasteiger partial charge in [0.15, 0.2) is 0 Å². The van der Waals surface area contributed by atoms with Crippen LogP contribution in [0, 0.1) is 6.92 Å². The van der Waals surface area contributed by atoms with E-state index in [9.17, 15) is 8.42 Å². The Morgan fingerprint density at radius 1 is 1.44 bits per heavy atom. The topological polar surface area (TPSA) is 101 Å². The predicted octanol–water partition coefficient (Wildman–Crippen LogP) is 1.86. The zero-order valence-electron chi connectivity index (χ0n) is 9.44. The average Bonchev–Trinajstić information content (AvgIpc) is 2.77. The fourth-order valence-electron chi connectivity index (χ4n) is 1.46. The molecule has 18 heavy (non-hydrogen) atoms. The van der Waals surface area contributed by atoms with Crippen molar-refractivity contribution in [2.75, 3.05) is 10.5 Å². The Balaban J connectivity index is 2.42. The number of rotatable bonds is 3. The summed E-state index contributed by atoms with van der Waals surface area (Å²) in [6, 6.07) is 3.47. The Morgan fingerprint density at radius 3 is 2.72 bits per heavy atom. The van der Waals surface area contributed by atoms with Gasteiger partial charge in [0.05, 0.1) is 17.6 Å². The molecule has 1 aromatic carbocycles. The highest BCUT2D eigenvalue weighted by Crippen LogP contribution is 2.31. The number of aromatic nitrogens is 2. The lowest BCUT2D eigenvalue weighted by atomic mass is 10.2. The fraction of sp³-hybridized carbons (Fsp3) is 0.100. The molecule has 0 bridgehead atoms. The second kappa shape index (κ2) is 4.62. The molecule has 0 saturated carbocycles. The normalized spacial score (nSPS) is 11.4. The fourth-order valence-corrected chi connectivity index (χ4v) is 3.29. The summed E-state index contributed by atoms with van der Waals surface area (Å²) in [5, 5.41) is 6.05. The van der Waals surface area contributed by atoms with Gasteiger partial charge in [0.1, 0.15) is 4.90 Å². The number of aromatic amines is 1. The van der Waals surface area contributed by atoms with E-state index in [1.165, 1.54) is 12.4 Å². The minimum Gasteiger partial charge on any atom is -0.397 e. The maximum atomic E-state index is 12.0. The van der Waals surface area contributed by atoms with Crippen LogP contribution in [-0.2, 0) is 10.0 Å². The van der Waals surface area contributed by atoms with Crippen molar-refractivity contribution in [3.63, 3.8) is 0 Å². The van der Waals surface area contributed by atoms with E-state index in [1.54, 1.807) is 12.1 Å². The van der Waals surface area contributed by atoms with Gasteiger partial charge in [-0.05, 0) is 40.5 Å². The molecule has 1 heterocycles. The van der Waals surface area contributed by atoms with Crippen molar-refractivity contribution >= 4 is 37.3 Å².